The van der Waals surface area contributed by atoms with Gasteiger partial charge in [-0.1, -0.05) is 17.7 Å². The van der Waals surface area contributed by atoms with Gasteiger partial charge in [-0.3, -0.25) is 9.78 Å². The van der Waals surface area contributed by atoms with Crippen molar-refractivity contribution in [1.82, 2.24) is 4.98 Å². The Morgan fingerprint density at radius 2 is 2.20 bits per heavy atom. The minimum Gasteiger partial charge on any atom is -0.481 e. The summed E-state index contributed by atoms with van der Waals surface area (Å²) in [6.07, 6.45) is 3.40. The molecule has 0 saturated carbocycles. The summed E-state index contributed by atoms with van der Waals surface area (Å²) in [5.41, 5.74) is 1.91. The van der Waals surface area contributed by atoms with E-state index in [-0.39, 0.29) is 6.42 Å². The molecule has 0 amide bonds. The Morgan fingerprint density at radius 1 is 1.40 bits per heavy atom. The van der Waals surface area contributed by atoms with E-state index in [0.29, 0.717) is 0 Å². The molecule has 0 saturated heterocycles. The van der Waals surface area contributed by atoms with Gasteiger partial charge in [0.05, 0.1) is 6.42 Å². The first-order valence-corrected chi connectivity index (χ1v) is 4.72. The highest BCUT2D eigenvalue weighted by Crippen LogP contribution is 2.19. The Hall–Kier alpha value is -1.90. The standard InChI is InChI=1S/C12H11NO2/c1-8-2-3-11-9(4-8)6-13-7-10(11)5-12(14)15/h2-4,6-7H,5H2,1H3,(H,14,15). The maximum absolute atomic E-state index is 10.7. The molecule has 0 atom stereocenters. The van der Waals surface area contributed by atoms with Gasteiger partial charge in [0.25, 0.3) is 0 Å². The Bertz CT molecular complexity index is 520. The molecule has 0 unspecified atom stereocenters. The third-order valence-corrected chi connectivity index (χ3v) is 2.34. The van der Waals surface area contributed by atoms with Crippen LogP contribution in [-0.2, 0) is 11.2 Å². The van der Waals surface area contributed by atoms with Crippen molar-refractivity contribution in [2.45, 2.75) is 13.3 Å². The van der Waals surface area contributed by atoms with Crippen LogP contribution in [0.2, 0.25) is 0 Å². The van der Waals surface area contributed by atoms with Gasteiger partial charge in [0.1, 0.15) is 0 Å². The van der Waals surface area contributed by atoms with Crippen molar-refractivity contribution in [3.8, 4) is 0 Å². The largest absolute Gasteiger partial charge is 0.481 e. The van der Waals surface area contributed by atoms with Crippen LogP contribution in [0.5, 0.6) is 0 Å². The van der Waals surface area contributed by atoms with E-state index in [9.17, 15) is 4.79 Å². The van der Waals surface area contributed by atoms with Crippen molar-refractivity contribution in [1.29, 1.82) is 0 Å². The summed E-state index contributed by atoms with van der Waals surface area (Å²) >= 11 is 0. The molecule has 0 fully saturated rings. The average Bonchev–Trinajstić information content (AvgIpc) is 2.16. The Kier molecular flexibility index (Phi) is 2.37. The fraction of sp³-hybridized carbons (Fsp3) is 0.167. The minimum absolute atomic E-state index is 0.0212. The van der Waals surface area contributed by atoms with Crippen molar-refractivity contribution >= 4 is 16.7 Å². The molecule has 1 heterocycles. The first kappa shape index (κ1) is 9.65. The molecule has 1 N–H and O–H groups in total. The molecule has 0 aliphatic carbocycles. The van der Waals surface area contributed by atoms with Gasteiger partial charge in [0.2, 0.25) is 0 Å². The van der Waals surface area contributed by atoms with Gasteiger partial charge in [-0.2, -0.15) is 0 Å². The number of benzene rings is 1. The second kappa shape index (κ2) is 3.69. The number of fused-ring (bicyclic) bond motifs is 1. The van der Waals surface area contributed by atoms with Gasteiger partial charge < -0.3 is 5.11 Å². The normalized spacial score (nSPS) is 10.5. The van der Waals surface area contributed by atoms with Gasteiger partial charge in [-0.15, -0.1) is 0 Å². The third-order valence-electron chi connectivity index (χ3n) is 2.34. The molecule has 3 nitrogen and oxygen atoms in total. The van der Waals surface area contributed by atoms with E-state index in [1.54, 1.807) is 12.4 Å². The number of aliphatic carboxylic acids is 1. The lowest BCUT2D eigenvalue weighted by Gasteiger charge is -2.04. The van der Waals surface area contributed by atoms with Crippen LogP contribution in [0.15, 0.2) is 30.6 Å². The number of carboxylic acid groups (broad SMARTS) is 1. The van der Waals surface area contributed by atoms with Crippen LogP contribution < -0.4 is 0 Å². The Morgan fingerprint density at radius 3 is 2.93 bits per heavy atom. The molecule has 15 heavy (non-hydrogen) atoms. The number of carboxylic acids is 1. The van der Waals surface area contributed by atoms with E-state index >= 15 is 0 Å². The number of carbonyl (C=O) groups is 1. The number of rotatable bonds is 2. The molecule has 0 spiro atoms. The molecule has 0 aliphatic heterocycles. The van der Waals surface area contributed by atoms with Crippen molar-refractivity contribution in [3.05, 3.63) is 41.7 Å². The lowest BCUT2D eigenvalue weighted by atomic mass is 10.0. The number of aryl methyl sites for hydroxylation is 1. The molecule has 76 valence electrons. The maximum atomic E-state index is 10.7. The monoisotopic (exact) mass is 201 g/mol. The van der Waals surface area contributed by atoms with E-state index < -0.39 is 5.97 Å². The van der Waals surface area contributed by atoms with Gasteiger partial charge in [-0.25, -0.2) is 0 Å². The lowest BCUT2D eigenvalue weighted by molar-refractivity contribution is -0.136. The van der Waals surface area contributed by atoms with Crippen LogP contribution >= 0.6 is 0 Å². The van der Waals surface area contributed by atoms with Crippen molar-refractivity contribution in [2.24, 2.45) is 0 Å². The zero-order valence-electron chi connectivity index (χ0n) is 8.40. The predicted octanol–water partition coefficient (Wildman–Crippen LogP) is 2.17. The van der Waals surface area contributed by atoms with Crippen LogP contribution in [-0.4, -0.2) is 16.1 Å². The van der Waals surface area contributed by atoms with Gasteiger partial charge in [0, 0.05) is 17.8 Å². The third kappa shape index (κ3) is 1.96. The first-order chi connectivity index (χ1) is 7.16. The number of aromatic nitrogens is 1. The molecule has 0 bridgehead atoms. The lowest BCUT2D eigenvalue weighted by Crippen LogP contribution is -2.01. The van der Waals surface area contributed by atoms with E-state index in [1.807, 2.05) is 25.1 Å². The predicted molar refractivity (Wildman–Crippen MR) is 57.8 cm³/mol. The Balaban J connectivity index is 2.60. The fourth-order valence-electron chi connectivity index (χ4n) is 1.66. The molecule has 3 heteroatoms. The van der Waals surface area contributed by atoms with E-state index in [4.69, 9.17) is 5.11 Å². The molecule has 0 aliphatic rings. The number of nitrogens with zero attached hydrogens (tertiary/aromatic N) is 1. The second-order valence-electron chi connectivity index (χ2n) is 3.59. The number of pyridine rings is 1. The van der Waals surface area contributed by atoms with Crippen molar-refractivity contribution in [3.63, 3.8) is 0 Å². The Labute approximate surface area is 87.4 Å². The highest BCUT2D eigenvalue weighted by Gasteiger charge is 2.05. The highest BCUT2D eigenvalue weighted by molar-refractivity contribution is 5.88. The smallest absolute Gasteiger partial charge is 0.307 e. The molecular weight excluding hydrogens is 190 g/mol. The SMILES string of the molecule is Cc1ccc2c(CC(=O)O)cncc2c1. The zero-order valence-corrected chi connectivity index (χ0v) is 8.40. The van der Waals surface area contributed by atoms with E-state index in [2.05, 4.69) is 4.98 Å². The van der Waals surface area contributed by atoms with Crippen LogP contribution in [0, 0.1) is 6.92 Å². The van der Waals surface area contributed by atoms with Crippen LogP contribution in [0.1, 0.15) is 11.1 Å². The highest BCUT2D eigenvalue weighted by atomic mass is 16.4. The maximum Gasteiger partial charge on any atom is 0.307 e. The molecule has 2 aromatic rings. The van der Waals surface area contributed by atoms with Gasteiger partial charge >= 0.3 is 5.97 Å². The van der Waals surface area contributed by atoms with E-state index in [1.165, 1.54) is 0 Å². The molecule has 0 radical (unpaired) electrons. The molecule has 1 aromatic heterocycles. The summed E-state index contributed by atoms with van der Waals surface area (Å²) in [5, 5.41) is 10.7. The summed E-state index contributed by atoms with van der Waals surface area (Å²) in [7, 11) is 0. The summed E-state index contributed by atoms with van der Waals surface area (Å²) < 4.78 is 0. The average molecular weight is 201 g/mol. The number of hydrogen-bond acceptors (Lipinski definition) is 2. The molecular formula is C12H11NO2. The van der Waals surface area contributed by atoms with Gasteiger partial charge in [0.15, 0.2) is 0 Å². The van der Waals surface area contributed by atoms with Crippen LogP contribution in [0.4, 0.5) is 0 Å². The molecule has 1 aromatic carbocycles. The summed E-state index contributed by atoms with van der Waals surface area (Å²) in [5.74, 6) is -0.829. The molecule has 2 rings (SSSR count). The van der Waals surface area contributed by atoms with Crippen LogP contribution in [0.3, 0.4) is 0 Å². The first-order valence-electron chi connectivity index (χ1n) is 4.72. The van der Waals surface area contributed by atoms with Crippen molar-refractivity contribution in [2.75, 3.05) is 0 Å². The van der Waals surface area contributed by atoms with Crippen molar-refractivity contribution < 1.29 is 9.90 Å². The summed E-state index contributed by atoms with van der Waals surface area (Å²) in [6, 6.07) is 5.94. The summed E-state index contributed by atoms with van der Waals surface area (Å²) in [6.45, 7) is 2.00. The number of hydrogen-bond donors (Lipinski definition) is 1. The summed E-state index contributed by atoms with van der Waals surface area (Å²) in [4.78, 5) is 14.7. The fourth-order valence-corrected chi connectivity index (χ4v) is 1.66. The van der Waals surface area contributed by atoms with E-state index in [0.717, 1.165) is 21.9 Å². The van der Waals surface area contributed by atoms with Crippen LogP contribution in [0.25, 0.3) is 10.8 Å². The second-order valence-corrected chi connectivity index (χ2v) is 3.59. The zero-order chi connectivity index (χ0) is 10.8. The van der Waals surface area contributed by atoms with Gasteiger partial charge in [-0.05, 0) is 23.9 Å². The minimum atomic E-state index is -0.829. The quantitative estimate of drug-likeness (QED) is 0.810. The topological polar surface area (TPSA) is 50.2 Å².